The van der Waals surface area contributed by atoms with E-state index < -0.39 is 0 Å². The van der Waals surface area contributed by atoms with Gasteiger partial charge in [0, 0.05) is 31.4 Å². The Kier molecular flexibility index (Phi) is 4.18. The van der Waals surface area contributed by atoms with E-state index in [4.69, 9.17) is 4.74 Å². The maximum Gasteiger partial charge on any atom is 0.0951 e. The first-order chi connectivity index (χ1) is 8.18. The molecule has 0 amide bonds. The fraction of sp³-hybridized carbons (Fsp3) is 0.769. The fourth-order valence-corrected chi connectivity index (χ4v) is 2.31. The zero-order chi connectivity index (χ0) is 12.3. The van der Waals surface area contributed by atoms with Crippen molar-refractivity contribution in [2.45, 2.75) is 52.3 Å². The third kappa shape index (κ3) is 3.07. The number of ether oxygens (including phenoxy) is 1. The van der Waals surface area contributed by atoms with E-state index in [2.05, 4.69) is 28.7 Å². The number of aromatic nitrogens is 2. The highest BCUT2D eigenvalue weighted by atomic mass is 16.5. The predicted octanol–water partition coefficient (Wildman–Crippen LogP) is 1.66. The Labute approximate surface area is 103 Å². The minimum absolute atomic E-state index is 0.403. The first-order valence-corrected chi connectivity index (χ1v) is 6.52. The lowest BCUT2D eigenvalue weighted by Crippen LogP contribution is -2.38. The summed E-state index contributed by atoms with van der Waals surface area (Å²) in [4.78, 5) is 4.30. The number of hydrogen-bond donors (Lipinski definition) is 1. The zero-order valence-corrected chi connectivity index (χ0v) is 11.1. The van der Waals surface area contributed by atoms with Crippen molar-refractivity contribution in [1.82, 2.24) is 14.9 Å². The van der Waals surface area contributed by atoms with Gasteiger partial charge in [-0.3, -0.25) is 0 Å². The molecule has 2 heterocycles. The monoisotopic (exact) mass is 237 g/mol. The van der Waals surface area contributed by atoms with Crippen LogP contribution in [0, 0.1) is 13.8 Å². The van der Waals surface area contributed by atoms with Crippen LogP contribution < -0.4 is 5.32 Å². The average Bonchev–Trinajstić information content (AvgIpc) is 2.93. The van der Waals surface area contributed by atoms with Crippen LogP contribution in [0.1, 0.15) is 31.2 Å². The van der Waals surface area contributed by atoms with Crippen LogP contribution in [-0.4, -0.2) is 34.8 Å². The molecule has 1 N–H and O–H groups in total. The molecule has 0 aromatic carbocycles. The predicted molar refractivity (Wildman–Crippen MR) is 68.1 cm³/mol. The van der Waals surface area contributed by atoms with Crippen molar-refractivity contribution < 1.29 is 4.74 Å². The third-order valence-corrected chi connectivity index (χ3v) is 3.69. The molecule has 0 saturated carbocycles. The van der Waals surface area contributed by atoms with E-state index in [1.807, 2.05) is 13.3 Å². The van der Waals surface area contributed by atoms with E-state index in [0.29, 0.717) is 12.1 Å². The SMILES string of the molecule is Cc1ncn(CCNC(C)C2CCCO2)c1C. The van der Waals surface area contributed by atoms with Gasteiger partial charge in [-0.15, -0.1) is 0 Å². The van der Waals surface area contributed by atoms with Crippen molar-refractivity contribution in [3.63, 3.8) is 0 Å². The molecule has 1 aliphatic heterocycles. The number of nitrogens with zero attached hydrogens (tertiary/aromatic N) is 2. The lowest BCUT2D eigenvalue weighted by molar-refractivity contribution is 0.0835. The molecular weight excluding hydrogens is 214 g/mol. The van der Waals surface area contributed by atoms with Crippen molar-refractivity contribution in [2.24, 2.45) is 0 Å². The summed E-state index contributed by atoms with van der Waals surface area (Å²) in [7, 11) is 0. The molecule has 1 aromatic heterocycles. The van der Waals surface area contributed by atoms with E-state index in [-0.39, 0.29) is 0 Å². The molecule has 96 valence electrons. The van der Waals surface area contributed by atoms with Gasteiger partial charge in [-0.05, 0) is 33.6 Å². The van der Waals surface area contributed by atoms with E-state index >= 15 is 0 Å². The largest absolute Gasteiger partial charge is 0.377 e. The maximum absolute atomic E-state index is 5.66. The van der Waals surface area contributed by atoms with Gasteiger partial charge in [0.1, 0.15) is 0 Å². The van der Waals surface area contributed by atoms with Gasteiger partial charge in [0.15, 0.2) is 0 Å². The minimum atomic E-state index is 0.403. The molecule has 17 heavy (non-hydrogen) atoms. The third-order valence-electron chi connectivity index (χ3n) is 3.69. The number of rotatable bonds is 5. The standard InChI is InChI=1S/C13H23N3O/c1-10-12(3)16(9-15-10)7-6-14-11(2)13-5-4-8-17-13/h9,11,13-14H,4-8H2,1-3H3. The Morgan fingerprint density at radius 1 is 1.59 bits per heavy atom. The van der Waals surface area contributed by atoms with Gasteiger partial charge in [-0.1, -0.05) is 0 Å². The fourth-order valence-electron chi connectivity index (χ4n) is 2.31. The smallest absolute Gasteiger partial charge is 0.0951 e. The van der Waals surface area contributed by atoms with Crippen LogP contribution in [0.25, 0.3) is 0 Å². The average molecular weight is 237 g/mol. The molecule has 2 atom stereocenters. The Morgan fingerprint density at radius 3 is 3.00 bits per heavy atom. The van der Waals surface area contributed by atoms with Crippen molar-refractivity contribution in [2.75, 3.05) is 13.2 Å². The molecule has 1 aliphatic rings. The second-order valence-electron chi connectivity index (χ2n) is 4.90. The number of imidazole rings is 1. The van der Waals surface area contributed by atoms with Gasteiger partial charge in [0.2, 0.25) is 0 Å². The van der Waals surface area contributed by atoms with Gasteiger partial charge in [-0.25, -0.2) is 4.98 Å². The zero-order valence-electron chi connectivity index (χ0n) is 11.1. The molecule has 4 nitrogen and oxygen atoms in total. The highest BCUT2D eigenvalue weighted by molar-refractivity contribution is 5.08. The quantitative estimate of drug-likeness (QED) is 0.846. The van der Waals surface area contributed by atoms with E-state index in [1.54, 1.807) is 0 Å². The van der Waals surface area contributed by atoms with Gasteiger partial charge in [0.25, 0.3) is 0 Å². The number of hydrogen-bond acceptors (Lipinski definition) is 3. The topological polar surface area (TPSA) is 39.1 Å². The van der Waals surface area contributed by atoms with Gasteiger partial charge < -0.3 is 14.6 Å². The van der Waals surface area contributed by atoms with Crippen LogP contribution in [0.2, 0.25) is 0 Å². The number of nitrogens with one attached hydrogen (secondary N) is 1. The Balaban J connectivity index is 1.73. The van der Waals surface area contributed by atoms with E-state index in [0.717, 1.165) is 25.4 Å². The van der Waals surface area contributed by atoms with Crippen LogP contribution >= 0.6 is 0 Å². The molecule has 2 rings (SSSR count). The Bertz CT molecular complexity index is 356. The molecule has 2 unspecified atom stereocenters. The first-order valence-electron chi connectivity index (χ1n) is 6.52. The van der Waals surface area contributed by atoms with E-state index in [1.165, 1.54) is 18.5 Å². The van der Waals surface area contributed by atoms with Gasteiger partial charge in [0.05, 0.1) is 18.1 Å². The van der Waals surface area contributed by atoms with Crippen molar-refractivity contribution >= 4 is 0 Å². The van der Waals surface area contributed by atoms with Crippen LogP contribution in [-0.2, 0) is 11.3 Å². The second-order valence-corrected chi connectivity index (χ2v) is 4.90. The molecule has 1 saturated heterocycles. The molecular formula is C13H23N3O. The lowest BCUT2D eigenvalue weighted by Gasteiger charge is -2.20. The summed E-state index contributed by atoms with van der Waals surface area (Å²) in [6, 6.07) is 0.447. The van der Waals surface area contributed by atoms with E-state index in [9.17, 15) is 0 Å². The summed E-state index contributed by atoms with van der Waals surface area (Å²) in [5, 5.41) is 3.54. The van der Waals surface area contributed by atoms with Crippen LogP contribution in [0.5, 0.6) is 0 Å². The van der Waals surface area contributed by atoms with Crippen LogP contribution in [0.15, 0.2) is 6.33 Å². The van der Waals surface area contributed by atoms with Crippen LogP contribution in [0.3, 0.4) is 0 Å². The van der Waals surface area contributed by atoms with Gasteiger partial charge >= 0.3 is 0 Å². The molecule has 0 aliphatic carbocycles. The first kappa shape index (κ1) is 12.6. The van der Waals surface area contributed by atoms with Crippen molar-refractivity contribution in [1.29, 1.82) is 0 Å². The normalized spacial score (nSPS) is 21.9. The lowest BCUT2D eigenvalue weighted by atomic mass is 10.1. The number of aryl methyl sites for hydroxylation is 1. The highest BCUT2D eigenvalue weighted by Crippen LogP contribution is 2.15. The molecule has 0 bridgehead atoms. The van der Waals surface area contributed by atoms with Gasteiger partial charge in [-0.2, -0.15) is 0 Å². The molecule has 4 heteroatoms. The molecule has 1 fully saturated rings. The summed E-state index contributed by atoms with van der Waals surface area (Å²) in [5.41, 5.74) is 2.38. The Hall–Kier alpha value is -0.870. The van der Waals surface area contributed by atoms with Crippen molar-refractivity contribution in [3.8, 4) is 0 Å². The molecule has 0 radical (unpaired) electrons. The minimum Gasteiger partial charge on any atom is -0.377 e. The molecule has 1 aromatic rings. The summed E-state index contributed by atoms with van der Waals surface area (Å²) < 4.78 is 7.86. The summed E-state index contributed by atoms with van der Waals surface area (Å²) in [5.74, 6) is 0. The second kappa shape index (κ2) is 5.65. The Morgan fingerprint density at radius 2 is 2.41 bits per heavy atom. The summed E-state index contributed by atoms with van der Waals surface area (Å²) >= 11 is 0. The summed E-state index contributed by atoms with van der Waals surface area (Å²) in [6.45, 7) is 9.25. The highest BCUT2D eigenvalue weighted by Gasteiger charge is 2.21. The summed E-state index contributed by atoms with van der Waals surface area (Å²) in [6.07, 6.45) is 4.72. The van der Waals surface area contributed by atoms with Crippen molar-refractivity contribution in [3.05, 3.63) is 17.7 Å². The molecule has 0 spiro atoms. The van der Waals surface area contributed by atoms with Crippen LogP contribution in [0.4, 0.5) is 0 Å². The maximum atomic E-state index is 5.66.